The van der Waals surface area contributed by atoms with E-state index >= 15 is 4.39 Å². The van der Waals surface area contributed by atoms with Crippen LogP contribution in [-0.4, -0.2) is 18.2 Å². The molecule has 1 aliphatic rings. The van der Waals surface area contributed by atoms with Crippen LogP contribution in [-0.2, 0) is 19.4 Å². The van der Waals surface area contributed by atoms with Crippen molar-refractivity contribution in [3.8, 4) is 11.1 Å². The molecule has 3 aromatic carbocycles. The van der Waals surface area contributed by atoms with Crippen LogP contribution in [0.5, 0.6) is 0 Å². The Morgan fingerprint density at radius 3 is 2.52 bits per heavy atom. The molecule has 0 spiro atoms. The van der Waals surface area contributed by atoms with Crippen molar-refractivity contribution in [2.45, 2.75) is 25.4 Å². The molecule has 5 N–H and O–H groups in total. The second-order valence-electron chi connectivity index (χ2n) is 7.28. The van der Waals surface area contributed by atoms with Gasteiger partial charge in [-0.15, -0.1) is 0 Å². The van der Waals surface area contributed by atoms with Crippen molar-refractivity contribution in [1.29, 1.82) is 0 Å². The molecule has 3 aromatic rings. The van der Waals surface area contributed by atoms with Crippen molar-refractivity contribution in [3.63, 3.8) is 0 Å². The van der Waals surface area contributed by atoms with Crippen LogP contribution in [0.25, 0.3) is 11.1 Å². The summed E-state index contributed by atoms with van der Waals surface area (Å²) in [7, 11) is 0. The number of amidine groups is 1. The molecule has 146 valence electrons. The van der Waals surface area contributed by atoms with Gasteiger partial charge in [-0.1, -0.05) is 54.6 Å². The second kappa shape index (κ2) is 8.37. The summed E-state index contributed by atoms with van der Waals surface area (Å²) in [5, 5.41) is 8.83. The van der Waals surface area contributed by atoms with Gasteiger partial charge >= 0.3 is 0 Å². The van der Waals surface area contributed by atoms with Gasteiger partial charge in [-0.3, -0.25) is 5.41 Å². The summed E-state index contributed by atoms with van der Waals surface area (Å²) in [6.45, 7) is 0.490. The standard InChI is InChI=1S/C24H23FN4/c25-23-20(14-28-21-12-16-5-1-2-6-17(16)13-21)9-4-10-22(23)18-7-3-8-19(11-18)24(27)29-15-26/h1-11,15,21,28H,12-14H2,(H3,26,27,29)/p+1. The van der Waals surface area contributed by atoms with Gasteiger partial charge in [-0.2, -0.15) is 0 Å². The Kier molecular flexibility index (Phi) is 5.49. The fourth-order valence-corrected chi connectivity index (χ4v) is 3.90. The molecule has 0 atom stereocenters. The molecule has 29 heavy (non-hydrogen) atoms. The summed E-state index contributed by atoms with van der Waals surface area (Å²) in [4.78, 5) is 3.90. The Bertz CT molecular complexity index is 1050. The highest BCUT2D eigenvalue weighted by Gasteiger charge is 2.21. The van der Waals surface area contributed by atoms with E-state index in [1.807, 2.05) is 36.4 Å². The molecule has 0 heterocycles. The maximum atomic E-state index is 15.2. The van der Waals surface area contributed by atoms with Gasteiger partial charge in [0.15, 0.2) is 0 Å². The smallest absolute Gasteiger partial charge is 0.279 e. The van der Waals surface area contributed by atoms with Crippen molar-refractivity contribution < 1.29 is 9.80 Å². The lowest BCUT2D eigenvalue weighted by atomic mass is 9.99. The van der Waals surface area contributed by atoms with Gasteiger partial charge in [0.25, 0.3) is 6.34 Å². The van der Waals surface area contributed by atoms with Crippen LogP contribution in [0.2, 0.25) is 0 Å². The Labute approximate surface area is 169 Å². The average molecular weight is 387 g/mol. The third-order valence-electron chi connectivity index (χ3n) is 5.39. The minimum atomic E-state index is -0.214. The molecule has 5 heteroatoms. The van der Waals surface area contributed by atoms with Gasteiger partial charge in [0.05, 0.1) is 0 Å². The third-order valence-corrected chi connectivity index (χ3v) is 5.39. The first-order valence-corrected chi connectivity index (χ1v) is 9.70. The summed E-state index contributed by atoms with van der Waals surface area (Å²) in [6, 6.07) is 21.7. The molecule has 4 nitrogen and oxygen atoms in total. The molecular weight excluding hydrogens is 363 g/mol. The van der Waals surface area contributed by atoms with Gasteiger partial charge < -0.3 is 11.1 Å². The Morgan fingerprint density at radius 1 is 1.07 bits per heavy atom. The van der Waals surface area contributed by atoms with E-state index in [9.17, 15) is 0 Å². The van der Waals surface area contributed by atoms with Crippen LogP contribution >= 0.6 is 0 Å². The zero-order valence-corrected chi connectivity index (χ0v) is 16.1. The van der Waals surface area contributed by atoms with Gasteiger partial charge in [-0.25, -0.2) is 4.39 Å². The van der Waals surface area contributed by atoms with E-state index in [-0.39, 0.29) is 5.82 Å². The number of nitrogens with one attached hydrogen (secondary N) is 1. The van der Waals surface area contributed by atoms with Gasteiger partial charge in [0.2, 0.25) is 5.84 Å². The summed E-state index contributed by atoms with van der Waals surface area (Å²) < 4.78 is 15.2. The van der Waals surface area contributed by atoms with Crippen molar-refractivity contribution in [2.75, 3.05) is 0 Å². The normalized spacial score (nSPS) is 14.0. The van der Waals surface area contributed by atoms with Crippen LogP contribution in [0.3, 0.4) is 0 Å². The Morgan fingerprint density at radius 2 is 1.79 bits per heavy atom. The maximum Gasteiger partial charge on any atom is 0.279 e. The predicted molar refractivity (Wildman–Crippen MR) is 115 cm³/mol. The van der Waals surface area contributed by atoms with E-state index in [1.54, 1.807) is 6.07 Å². The van der Waals surface area contributed by atoms with Crippen LogP contribution in [0.1, 0.15) is 22.3 Å². The molecule has 0 bridgehead atoms. The number of hydrogen-bond acceptors (Lipinski definition) is 1. The van der Waals surface area contributed by atoms with E-state index in [1.165, 1.54) is 11.1 Å². The first kappa shape index (κ1) is 19.0. The van der Waals surface area contributed by atoms with Crippen molar-refractivity contribution in [3.05, 3.63) is 94.8 Å². The van der Waals surface area contributed by atoms with Crippen LogP contribution in [0, 0.1) is 5.82 Å². The number of halogens is 1. The lowest BCUT2D eigenvalue weighted by molar-refractivity contribution is -0.106. The van der Waals surface area contributed by atoms with E-state index in [0.29, 0.717) is 35.1 Å². The van der Waals surface area contributed by atoms with E-state index < -0.39 is 0 Å². The van der Waals surface area contributed by atoms with Crippen molar-refractivity contribution in [1.82, 2.24) is 5.32 Å². The first-order valence-electron chi connectivity index (χ1n) is 9.70. The fourth-order valence-electron chi connectivity index (χ4n) is 3.90. The first-order chi connectivity index (χ1) is 14.2. The largest absolute Gasteiger partial charge is 0.362 e. The van der Waals surface area contributed by atoms with Crippen LogP contribution < -0.4 is 16.5 Å². The second-order valence-corrected chi connectivity index (χ2v) is 7.28. The highest BCUT2D eigenvalue weighted by atomic mass is 19.1. The summed E-state index contributed by atoms with van der Waals surface area (Å²) in [6.07, 6.45) is 3.11. The number of benzene rings is 3. The molecule has 0 unspecified atom stereocenters. The zero-order valence-electron chi connectivity index (χ0n) is 16.1. The van der Waals surface area contributed by atoms with Gasteiger partial charge in [-0.05, 0) is 46.7 Å². The molecule has 4 rings (SSSR count). The number of hydrogen-bond donors (Lipinski definition) is 3. The Hall–Kier alpha value is -3.31. The molecule has 0 radical (unpaired) electrons. The average Bonchev–Trinajstić information content (AvgIpc) is 3.16. The van der Waals surface area contributed by atoms with Crippen LogP contribution in [0.4, 0.5) is 4.39 Å². The van der Waals surface area contributed by atoms with Crippen LogP contribution in [0.15, 0.2) is 71.7 Å². The van der Waals surface area contributed by atoms with E-state index in [2.05, 4.69) is 34.6 Å². The highest BCUT2D eigenvalue weighted by Crippen LogP contribution is 2.27. The van der Waals surface area contributed by atoms with Crippen molar-refractivity contribution >= 4 is 12.2 Å². The minimum Gasteiger partial charge on any atom is -0.362 e. The highest BCUT2D eigenvalue weighted by molar-refractivity contribution is 6.01. The molecule has 0 aromatic heterocycles. The Balaban J connectivity index is 1.52. The lowest BCUT2D eigenvalue weighted by Crippen LogP contribution is -2.30. The van der Waals surface area contributed by atoms with Crippen molar-refractivity contribution in [2.24, 2.45) is 10.7 Å². The maximum absolute atomic E-state index is 15.2. The predicted octanol–water partition coefficient (Wildman–Crippen LogP) is 2.24. The summed E-state index contributed by atoms with van der Waals surface area (Å²) in [5.74, 6) is 0.0851. The van der Waals surface area contributed by atoms with Gasteiger partial charge in [0, 0.05) is 29.3 Å². The quantitative estimate of drug-likeness (QED) is 0.448. The fraction of sp³-hybridized carbons (Fsp3) is 0.167. The number of rotatable bonds is 6. The number of nitrogens with two attached hydrogens (primary N) is 2. The molecule has 0 amide bonds. The number of fused-ring (bicyclic) bond motifs is 1. The molecule has 0 saturated carbocycles. The third kappa shape index (κ3) is 4.10. The molecule has 0 fully saturated rings. The molecule has 0 aliphatic heterocycles. The number of aliphatic imine (C=N–C) groups is 1. The van der Waals surface area contributed by atoms with E-state index in [0.717, 1.165) is 24.7 Å². The SMILES string of the molecule is NC(=NC=[NH2+])c1cccc(-c2cccc(CNC3Cc4ccccc4C3)c2F)c1. The number of nitrogens with zero attached hydrogens (tertiary/aromatic N) is 1. The van der Waals surface area contributed by atoms with Gasteiger partial charge in [0.1, 0.15) is 5.82 Å². The molecular formula is C24H24FN4+. The molecule has 1 aliphatic carbocycles. The zero-order chi connectivity index (χ0) is 20.2. The summed E-state index contributed by atoms with van der Waals surface area (Å²) in [5.41, 5.74) is 11.3. The van der Waals surface area contributed by atoms with E-state index in [4.69, 9.17) is 11.1 Å². The lowest BCUT2D eigenvalue weighted by Gasteiger charge is -2.14. The molecule has 0 saturated heterocycles. The summed E-state index contributed by atoms with van der Waals surface area (Å²) >= 11 is 0. The monoisotopic (exact) mass is 387 g/mol. The minimum absolute atomic E-state index is 0.214. The topological polar surface area (TPSA) is 76.0 Å².